The molecule has 10 heteroatoms. The van der Waals surface area contributed by atoms with Gasteiger partial charge in [-0.1, -0.05) is 17.7 Å². The van der Waals surface area contributed by atoms with Crippen LogP contribution in [-0.4, -0.2) is 50.4 Å². The van der Waals surface area contributed by atoms with Crippen molar-refractivity contribution >= 4 is 29.1 Å². The number of hydrogen-bond donors (Lipinski definition) is 1. The van der Waals surface area contributed by atoms with Crippen LogP contribution in [0.5, 0.6) is 5.75 Å². The minimum atomic E-state index is -0.449. The maximum atomic E-state index is 12.6. The molecule has 0 spiro atoms. The number of nitrogens with zero attached hydrogens (tertiary/aromatic N) is 5. The lowest BCUT2D eigenvalue weighted by Gasteiger charge is -2.10. The fraction of sp³-hybridized carbons (Fsp3) is 0.263. The fourth-order valence-corrected chi connectivity index (χ4v) is 2.73. The van der Waals surface area contributed by atoms with Crippen LogP contribution in [0.3, 0.4) is 0 Å². The summed E-state index contributed by atoms with van der Waals surface area (Å²) in [5.41, 5.74) is 1.38. The number of ether oxygens (including phenoxy) is 1. The van der Waals surface area contributed by atoms with E-state index in [1.807, 2.05) is 0 Å². The molecule has 3 aromatic rings. The molecule has 0 radical (unpaired) electrons. The van der Waals surface area contributed by atoms with E-state index in [4.69, 9.17) is 16.3 Å². The van der Waals surface area contributed by atoms with E-state index < -0.39 is 5.91 Å². The standard InChI is InChI=1S/C19H21ClN6O3/c1-12-16(17(23-25(12)4)19(28)24(2)3)21-18(27)15-8-9-26(22-15)11-29-14-7-5-6-13(20)10-14/h5-10H,11H2,1-4H3,(H,21,27). The summed E-state index contributed by atoms with van der Waals surface area (Å²) in [7, 11) is 4.96. The van der Waals surface area contributed by atoms with Crippen LogP contribution in [0.25, 0.3) is 0 Å². The van der Waals surface area contributed by atoms with E-state index in [1.165, 1.54) is 9.58 Å². The van der Waals surface area contributed by atoms with Crippen LogP contribution in [0, 0.1) is 6.92 Å². The zero-order chi connectivity index (χ0) is 21.1. The molecule has 0 atom stereocenters. The largest absolute Gasteiger partial charge is 0.471 e. The molecule has 0 unspecified atom stereocenters. The maximum Gasteiger partial charge on any atom is 0.276 e. The SMILES string of the molecule is Cc1c(NC(=O)c2ccn(COc3cccc(Cl)c3)n2)c(C(=O)N(C)C)nn1C. The number of carbonyl (C=O) groups excluding carboxylic acids is 2. The van der Waals surface area contributed by atoms with Crippen molar-refractivity contribution in [2.75, 3.05) is 19.4 Å². The van der Waals surface area contributed by atoms with E-state index in [0.717, 1.165) is 0 Å². The molecule has 1 N–H and O–H groups in total. The minimum Gasteiger partial charge on any atom is -0.471 e. The molecule has 29 heavy (non-hydrogen) atoms. The molecule has 9 nitrogen and oxygen atoms in total. The second kappa shape index (κ2) is 8.36. The van der Waals surface area contributed by atoms with Gasteiger partial charge in [0, 0.05) is 32.4 Å². The molecule has 2 amide bonds. The second-order valence-corrected chi connectivity index (χ2v) is 6.99. The molecular weight excluding hydrogens is 396 g/mol. The Labute approximate surface area is 172 Å². The molecule has 0 saturated carbocycles. The number of amides is 2. The van der Waals surface area contributed by atoms with Crippen molar-refractivity contribution in [3.8, 4) is 5.75 Å². The van der Waals surface area contributed by atoms with Crippen LogP contribution in [0.2, 0.25) is 5.02 Å². The summed E-state index contributed by atoms with van der Waals surface area (Å²) in [5, 5.41) is 11.7. The van der Waals surface area contributed by atoms with Crippen LogP contribution in [0.1, 0.15) is 26.7 Å². The van der Waals surface area contributed by atoms with Crippen molar-refractivity contribution < 1.29 is 14.3 Å². The lowest BCUT2D eigenvalue weighted by molar-refractivity contribution is 0.0822. The second-order valence-electron chi connectivity index (χ2n) is 6.56. The third-order valence-electron chi connectivity index (χ3n) is 4.21. The van der Waals surface area contributed by atoms with Crippen molar-refractivity contribution in [2.45, 2.75) is 13.7 Å². The maximum absolute atomic E-state index is 12.6. The number of benzene rings is 1. The predicted octanol–water partition coefficient (Wildman–Crippen LogP) is 2.57. The Morgan fingerprint density at radius 1 is 1.24 bits per heavy atom. The van der Waals surface area contributed by atoms with Gasteiger partial charge in [0.2, 0.25) is 0 Å². The van der Waals surface area contributed by atoms with Crippen LogP contribution in [0.4, 0.5) is 5.69 Å². The Balaban J connectivity index is 1.72. The highest BCUT2D eigenvalue weighted by Gasteiger charge is 2.23. The first-order chi connectivity index (χ1) is 13.8. The van der Waals surface area contributed by atoms with Crippen molar-refractivity contribution in [2.24, 2.45) is 7.05 Å². The van der Waals surface area contributed by atoms with Gasteiger partial charge in [0.1, 0.15) is 5.75 Å². The number of rotatable bonds is 6. The summed E-state index contributed by atoms with van der Waals surface area (Å²) in [5.74, 6) is -0.156. The number of aromatic nitrogens is 4. The van der Waals surface area contributed by atoms with E-state index in [0.29, 0.717) is 22.2 Å². The van der Waals surface area contributed by atoms with Gasteiger partial charge in [0.25, 0.3) is 11.8 Å². The third kappa shape index (κ3) is 4.57. The first-order valence-electron chi connectivity index (χ1n) is 8.74. The number of halogens is 1. The molecule has 2 aromatic heterocycles. The summed E-state index contributed by atoms with van der Waals surface area (Å²) in [6.45, 7) is 1.89. The Hall–Kier alpha value is -3.33. The average molecular weight is 417 g/mol. The van der Waals surface area contributed by atoms with Gasteiger partial charge in [-0.3, -0.25) is 14.3 Å². The van der Waals surface area contributed by atoms with Gasteiger partial charge in [0.15, 0.2) is 18.1 Å². The van der Waals surface area contributed by atoms with Gasteiger partial charge >= 0.3 is 0 Å². The summed E-state index contributed by atoms with van der Waals surface area (Å²) >= 11 is 5.93. The lowest BCUT2D eigenvalue weighted by Crippen LogP contribution is -2.24. The summed E-state index contributed by atoms with van der Waals surface area (Å²) < 4.78 is 8.63. The summed E-state index contributed by atoms with van der Waals surface area (Å²) in [6, 6.07) is 8.56. The van der Waals surface area contributed by atoms with Crippen LogP contribution >= 0.6 is 11.6 Å². The monoisotopic (exact) mass is 416 g/mol. The first-order valence-corrected chi connectivity index (χ1v) is 9.12. The van der Waals surface area contributed by atoms with E-state index in [2.05, 4.69) is 15.5 Å². The average Bonchev–Trinajstić information content (AvgIpc) is 3.26. The Kier molecular flexibility index (Phi) is 5.88. The van der Waals surface area contributed by atoms with Gasteiger partial charge in [0.05, 0.1) is 11.4 Å². The molecule has 0 aliphatic rings. The highest BCUT2D eigenvalue weighted by Crippen LogP contribution is 2.21. The normalized spacial score (nSPS) is 10.7. The van der Waals surface area contributed by atoms with Gasteiger partial charge < -0.3 is 15.0 Å². The van der Waals surface area contributed by atoms with E-state index in [9.17, 15) is 9.59 Å². The van der Waals surface area contributed by atoms with E-state index >= 15 is 0 Å². The van der Waals surface area contributed by atoms with E-state index in [1.54, 1.807) is 69.3 Å². The van der Waals surface area contributed by atoms with Crippen molar-refractivity contribution in [3.63, 3.8) is 0 Å². The van der Waals surface area contributed by atoms with Gasteiger partial charge in [-0.15, -0.1) is 0 Å². The molecule has 0 saturated heterocycles. The molecule has 2 heterocycles. The molecule has 0 aliphatic carbocycles. The van der Waals surface area contributed by atoms with Crippen LogP contribution < -0.4 is 10.1 Å². The lowest BCUT2D eigenvalue weighted by atomic mass is 10.2. The third-order valence-corrected chi connectivity index (χ3v) is 4.45. The van der Waals surface area contributed by atoms with Crippen molar-refractivity contribution in [1.82, 2.24) is 24.5 Å². The minimum absolute atomic E-state index is 0.115. The molecular formula is C19H21ClN6O3. The number of hydrogen-bond acceptors (Lipinski definition) is 5. The van der Waals surface area contributed by atoms with Gasteiger partial charge in [-0.2, -0.15) is 10.2 Å². The zero-order valence-electron chi connectivity index (χ0n) is 16.5. The molecule has 0 aliphatic heterocycles. The summed E-state index contributed by atoms with van der Waals surface area (Å²) in [4.78, 5) is 26.4. The molecule has 0 fully saturated rings. The van der Waals surface area contributed by atoms with Crippen molar-refractivity contribution in [1.29, 1.82) is 0 Å². The zero-order valence-corrected chi connectivity index (χ0v) is 17.3. The molecule has 152 valence electrons. The number of nitrogens with one attached hydrogen (secondary N) is 1. The predicted molar refractivity (Wildman–Crippen MR) is 108 cm³/mol. The molecule has 0 bridgehead atoms. The van der Waals surface area contributed by atoms with Crippen LogP contribution in [0.15, 0.2) is 36.5 Å². The number of aryl methyl sites for hydroxylation is 1. The summed E-state index contributed by atoms with van der Waals surface area (Å²) in [6.07, 6.45) is 1.63. The highest BCUT2D eigenvalue weighted by atomic mass is 35.5. The Morgan fingerprint density at radius 3 is 2.69 bits per heavy atom. The first kappa shape index (κ1) is 20.4. The highest BCUT2D eigenvalue weighted by molar-refractivity contribution is 6.30. The quantitative estimate of drug-likeness (QED) is 0.666. The Morgan fingerprint density at radius 2 is 2.00 bits per heavy atom. The van der Waals surface area contributed by atoms with Gasteiger partial charge in [-0.25, -0.2) is 4.68 Å². The fourth-order valence-electron chi connectivity index (χ4n) is 2.55. The van der Waals surface area contributed by atoms with Gasteiger partial charge in [-0.05, 0) is 31.2 Å². The van der Waals surface area contributed by atoms with E-state index in [-0.39, 0.29) is 24.0 Å². The number of carbonyl (C=O) groups is 2. The van der Waals surface area contributed by atoms with Crippen LogP contribution in [-0.2, 0) is 13.8 Å². The molecule has 1 aromatic carbocycles. The topological polar surface area (TPSA) is 94.3 Å². The number of anilines is 1. The molecule has 3 rings (SSSR count). The Bertz CT molecular complexity index is 1060. The van der Waals surface area contributed by atoms with Crippen molar-refractivity contribution in [3.05, 3.63) is 58.6 Å². The smallest absolute Gasteiger partial charge is 0.276 e.